The van der Waals surface area contributed by atoms with Gasteiger partial charge in [-0.2, -0.15) is 0 Å². The Morgan fingerprint density at radius 1 is 1.21 bits per heavy atom. The van der Waals surface area contributed by atoms with E-state index in [0.29, 0.717) is 5.69 Å². The van der Waals surface area contributed by atoms with E-state index in [9.17, 15) is 9.59 Å². The first kappa shape index (κ1) is 12.9. The molecule has 0 aliphatic heterocycles. The van der Waals surface area contributed by atoms with E-state index in [1.807, 2.05) is 30.3 Å². The second kappa shape index (κ2) is 5.39. The summed E-state index contributed by atoms with van der Waals surface area (Å²) in [5, 5.41) is 2.66. The highest BCUT2D eigenvalue weighted by molar-refractivity contribution is 6.04. The van der Waals surface area contributed by atoms with Crippen LogP contribution in [0.15, 0.2) is 36.5 Å². The number of aromatic nitrogens is 1. The van der Waals surface area contributed by atoms with Crippen LogP contribution in [0.1, 0.15) is 17.4 Å². The summed E-state index contributed by atoms with van der Waals surface area (Å²) in [6, 6.07) is 9.47. The van der Waals surface area contributed by atoms with Gasteiger partial charge in [-0.15, -0.1) is 0 Å². The molecule has 1 amide bonds. The molecule has 0 saturated heterocycles. The number of anilines is 1. The monoisotopic (exact) mass is 258 g/mol. The number of aromatic amines is 1. The molecule has 5 nitrogen and oxygen atoms in total. The van der Waals surface area contributed by atoms with E-state index in [1.165, 1.54) is 14.0 Å². The van der Waals surface area contributed by atoms with E-state index in [1.54, 1.807) is 6.20 Å². The van der Waals surface area contributed by atoms with Gasteiger partial charge in [0.2, 0.25) is 5.91 Å². The molecule has 0 spiro atoms. The van der Waals surface area contributed by atoms with Crippen LogP contribution in [0.25, 0.3) is 11.1 Å². The number of ether oxygens (including phenoxy) is 1. The molecular weight excluding hydrogens is 244 g/mol. The molecule has 98 valence electrons. The van der Waals surface area contributed by atoms with Crippen LogP contribution in [0.5, 0.6) is 0 Å². The molecule has 2 aromatic rings. The predicted molar refractivity (Wildman–Crippen MR) is 71.9 cm³/mol. The lowest BCUT2D eigenvalue weighted by molar-refractivity contribution is -0.114. The van der Waals surface area contributed by atoms with Crippen molar-refractivity contribution in [1.82, 2.24) is 4.98 Å². The van der Waals surface area contributed by atoms with Gasteiger partial charge in [0.15, 0.2) is 0 Å². The van der Waals surface area contributed by atoms with Crippen molar-refractivity contribution in [3.8, 4) is 11.1 Å². The molecule has 0 aliphatic rings. The minimum absolute atomic E-state index is 0.233. The first-order valence-electron chi connectivity index (χ1n) is 5.76. The van der Waals surface area contributed by atoms with Gasteiger partial charge in [-0.3, -0.25) is 4.79 Å². The van der Waals surface area contributed by atoms with Gasteiger partial charge in [-0.25, -0.2) is 4.79 Å². The first-order valence-corrected chi connectivity index (χ1v) is 5.76. The molecule has 0 atom stereocenters. The Morgan fingerprint density at radius 3 is 2.47 bits per heavy atom. The molecule has 2 rings (SSSR count). The van der Waals surface area contributed by atoms with Crippen LogP contribution < -0.4 is 5.32 Å². The highest BCUT2D eigenvalue weighted by Crippen LogP contribution is 2.31. The number of rotatable bonds is 3. The Bertz CT molecular complexity index is 602. The van der Waals surface area contributed by atoms with Crippen molar-refractivity contribution >= 4 is 17.6 Å². The van der Waals surface area contributed by atoms with E-state index in [2.05, 4.69) is 15.0 Å². The Morgan fingerprint density at radius 2 is 1.89 bits per heavy atom. The van der Waals surface area contributed by atoms with E-state index in [0.717, 1.165) is 11.1 Å². The molecule has 0 bridgehead atoms. The third-order valence-electron chi connectivity index (χ3n) is 2.66. The number of amides is 1. The fraction of sp³-hybridized carbons (Fsp3) is 0.143. The molecule has 1 heterocycles. The number of esters is 1. The second-order valence-electron chi connectivity index (χ2n) is 3.99. The summed E-state index contributed by atoms with van der Waals surface area (Å²) >= 11 is 0. The van der Waals surface area contributed by atoms with Crippen molar-refractivity contribution in [2.45, 2.75) is 6.92 Å². The van der Waals surface area contributed by atoms with Gasteiger partial charge in [0.25, 0.3) is 0 Å². The Balaban J connectivity index is 2.53. The number of H-pyrrole nitrogens is 1. The number of benzene rings is 1. The van der Waals surface area contributed by atoms with Gasteiger partial charge in [0.05, 0.1) is 12.8 Å². The van der Waals surface area contributed by atoms with Crippen molar-refractivity contribution in [3.05, 3.63) is 42.2 Å². The summed E-state index contributed by atoms with van der Waals surface area (Å²) in [4.78, 5) is 25.8. The molecular formula is C14H14N2O3. The summed E-state index contributed by atoms with van der Waals surface area (Å²) in [6.45, 7) is 1.39. The highest BCUT2D eigenvalue weighted by Gasteiger charge is 2.19. The zero-order valence-corrected chi connectivity index (χ0v) is 10.7. The number of hydrogen-bond acceptors (Lipinski definition) is 3. The van der Waals surface area contributed by atoms with Crippen molar-refractivity contribution in [2.75, 3.05) is 12.4 Å². The second-order valence-corrected chi connectivity index (χ2v) is 3.99. The van der Waals surface area contributed by atoms with E-state index < -0.39 is 5.97 Å². The summed E-state index contributed by atoms with van der Waals surface area (Å²) < 4.78 is 4.69. The lowest BCUT2D eigenvalue weighted by Gasteiger charge is -2.07. The lowest BCUT2D eigenvalue weighted by atomic mass is 10.1. The Labute approximate surface area is 110 Å². The summed E-state index contributed by atoms with van der Waals surface area (Å²) in [5.74, 6) is -0.770. The molecule has 1 aromatic heterocycles. The molecule has 0 aliphatic carbocycles. The molecule has 0 fully saturated rings. The minimum atomic E-state index is -0.522. The van der Waals surface area contributed by atoms with Crippen molar-refractivity contribution < 1.29 is 14.3 Å². The van der Waals surface area contributed by atoms with E-state index >= 15 is 0 Å². The van der Waals surface area contributed by atoms with Crippen LogP contribution in [0, 0.1) is 0 Å². The maximum absolute atomic E-state index is 11.7. The maximum atomic E-state index is 11.7. The molecule has 5 heteroatoms. The van der Waals surface area contributed by atoms with Gasteiger partial charge < -0.3 is 15.0 Å². The Hall–Kier alpha value is -2.56. The summed E-state index contributed by atoms with van der Waals surface area (Å²) in [6.07, 6.45) is 1.67. The number of carbonyl (C=O) groups excluding carboxylic acids is 2. The van der Waals surface area contributed by atoms with Crippen molar-refractivity contribution in [1.29, 1.82) is 0 Å². The molecule has 1 aromatic carbocycles. The fourth-order valence-electron chi connectivity index (χ4n) is 1.84. The molecule has 0 saturated carbocycles. The lowest BCUT2D eigenvalue weighted by Crippen LogP contribution is -2.11. The number of hydrogen-bond donors (Lipinski definition) is 2. The number of nitrogens with one attached hydrogen (secondary N) is 2. The van der Waals surface area contributed by atoms with Gasteiger partial charge in [-0.1, -0.05) is 30.3 Å². The average Bonchev–Trinajstić information content (AvgIpc) is 2.81. The quantitative estimate of drug-likeness (QED) is 0.830. The van der Waals surface area contributed by atoms with E-state index in [4.69, 9.17) is 0 Å². The fourth-order valence-corrected chi connectivity index (χ4v) is 1.84. The maximum Gasteiger partial charge on any atom is 0.356 e. The van der Waals surface area contributed by atoms with Crippen LogP contribution in [-0.2, 0) is 9.53 Å². The van der Waals surface area contributed by atoms with Crippen LogP contribution in [-0.4, -0.2) is 24.0 Å². The van der Waals surface area contributed by atoms with Gasteiger partial charge in [0, 0.05) is 18.7 Å². The molecule has 19 heavy (non-hydrogen) atoms. The summed E-state index contributed by atoms with van der Waals surface area (Å²) in [7, 11) is 1.29. The minimum Gasteiger partial charge on any atom is -0.464 e. The van der Waals surface area contributed by atoms with Crippen LogP contribution in [0.3, 0.4) is 0 Å². The number of carbonyl (C=O) groups is 2. The van der Waals surface area contributed by atoms with Crippen LogP contribution >= 0.6 is 0 Å². The smallest absolute Gasteiger partial charge is 0.356 e. The van der Waals surface area contributed by atoms with Crippen LogP contribution in [0.2, 0.25) is 0 Å². The van der Waals surface area contributed by atoms with Crippen molar-refractivity contribution in [3.63, 3.8) is 0 Å². The molecule has 0 radical (unpaired) electrons. The zero-order valence-electron chi connectivity index (χ0n) is 10.7. The van der Waals surface area contributed by atoms with Gasteiger partial charge in [0.1, 0.15) is 5.69 Å². The van der Waals surface area contributed by atoms with Crippen molar-refractivity contribution in [2.24, 2.45) is 0 Å². The number of methoxy groups -OCH3 is 1. The normalized spacial score (nSPS) is 10.0. The molecule has 0 unspecified atom stereocenters. The predicted octanol–water partition coefficient (Wildman–Crippen LogP) is 2.43. The third kappa shape index (κ3) is 2.65. The third-order valence-corrected chi connectivity index (χ3v) is 2.66. The molecule has 2 N–H and O–H groups in total. The summed E-state index contributed by atoms with van der Waals surface area (Å²) in [5.41, 5.74) is 2.32. The zero-order chi connectivity index (χ0) is 13.8. The first-order chi connectivity index (χ1) is 9.13. The topological polar surface area (TPSA) is 71.2 Å². The highest BCUT2D eigenvalue weighted by atomic mass is 16.5. The SMILES string of the molecule is COC(=O)c1[nH]cc(-c2ccccc2)c1NC(C)=O. The van der Waals surface area contributed by atoms with Gasteiger partial charge >= 0.3 is 5.97 Å². The van der Waals surface area contributed by atoms with Crippen LogP contribution in [0.4, 0.5) is 5.69 Å². The average molecular weight is 258 g/mol. The largest absolute Gasteiger partial charge is 0.464 e. The standard InChI is InChI=1S/C14H14N2O3/c1-9(17)16-12-11(10-6-4-3-5-7-10)8-15-13(12)14(18)19-2/h3-8,15H,1-2H3,(H,16,17). The van der Waals surface area contributed by atoms with E-state index in [-0.39, 0.29) is 11.6 Å². The van der Waals surface area contributed by atoms with Gasteiger partial charge in [-0.05, 0) is 5.56 Å². The Kier molecular flexibility index (Phi) is 3.66.